The third kappa shape index (κ3) is 4.57. The lowest BCUT2D eigenvalue weighted by molar-refractivity contribution is 0.577. The first-order chi connectivity index (χ1) is 8.97. The Morgan fingerprint density at radius 3 is 1.89 bits per heavy atom. The largest absolute Gasteiger partial charge is 0.316 e. The highest BCUT2D eigenvalue weighted by Gasteiger charge is 2.08. The third-order valence-electron chi connectivity index (χ3n) is 2.74. The second kappa shape index (κ2) is 7.98. The van der Waals surface area contributed by atoms with E-state index in [1.54, 1.807) is 0 Å². The van der Waals surface area contributed by atoms with Crippen LogP contribution in [-0.4, -0.2) is 67.8 Å². The fourth-order valence-electron chi connectivity index (χ4n) is 1.77. The lowest BCUT2D eigenvalue weighted by Crippen LogP contribution is -2.43. The lowest BCUT2D eigenvalue weighted by Gasteiger charge is -2.22. The summed E-state index contributed by atoms with van der Waals surface area (Å²) in [7, 11) is 0. The Hall–Kier alpha value is -1.22. The molecule has 2 rings (SSSR count). The molecule has 8 nitrogen and oxygen atoms in total. The Balaban J connectivity index is 1.83. The van der Waals surface area contributed by atoms with Crippen molar-refractivity contribution in [3.63, 3.8) is 0 Å². The highest BCUT2D eigenvalue weighted by molar-refractivity contribution is 5.25. The van der Waals surface area contributed by atoms with Gasteiger partial charge < -0.3 is 15.5 Å². The third-order valence-corrected chi connectivity index (χ3v) is 2.74. The van der Waals surface area contributed by atoms with Gasteiger partial charge in [0.2, 0.25) is 5.95 Å². The molecule has 18 heavy (non-hydrogen) atoms. The van der Waals surface area contributed by atoms with Crippen molar-refractivity contribution < 1.29 is 0 Å². The molecule has 0 spiro atoms. The van der Waals surface area contributed by atoms with Gasteiger partial charge in [-0.25, -0.2) is 5.10 Å². The predicted molar refractivity (Wildman–Crippen MR) is 70.3 cm³/mol. The summed E-state index contributed by atoms with van der Waals surface area (Å²) in [6.45, 7) is 7.32. The van der Waals surface area contributed by atoms with Crippen molar-refractivity contribution in [1.29, 1.82) is 0 Å². The van der Waals surface area contributed by atoms with Crippen molar-refractivity contribution in [2.45, 2.75) is 0 Å². The van der Waals surface area contributed by atoms with Crippen LogP contribution in [-0.2, 0) is 0 Å². The molecule has 0 radical (unpaired) electrons. The number of aromatic nitrogens is 3. The second-order valence-electron chi connectivity index (χ2n) is 4.17. The first-order valence-electron chi connectivity index (χ1n) is 6.40. The number of rotatable bonds is 1. The van der Waals surface area contributed by atoms with Gasteiger partial charge in [0.1, 0.15) is 6.33 Å². The van der Waals surface area contributed by atoms with E-state index in [4.69, 9.17) is 0 Å². The van der Waals surface area contributed by atoms with Gasteiger partial charge in [0, 0.05) is 39.3 Å². The molecule has 0 aromatic carbocycles. The van der Waals surface area contributed by atoms with E-state index in [9.17, 15) is 0 Å². The minimum atomic E-state index is 0.747. The number of H-pyrrole nitrogens is 1. The fourth-order valence-corrected chi connectivity index (χ4v) is 1.77. The van der Waals surface area contributed by atoms with Crippen LogP contribution in [0.3, 0.4) is 0 Å². The summed E-state index contributed by atoms with van der Waals surface area (Å²) < 4.78 is 0. The number of hydrogen-bond acceptors (Lipinski definition) is 7. The van der Waals surface area contributed by atoms with E-state index in [0.29, 0.717) is 0 Å². The standard InChI is InChI=1S/C10H22N8/c1-2-12-4-6-14-9-18(8-13-5-3-11-1)10-15-7-16-17-10/h7,11-14H,1-6,8-9H2,(H,15,16,17). The van der Waals surface area contributed by atoms with Gasteiger partial charge in [-0.15, -0.1) is 0 Å². The van der Waals surface area contributed by atoms with Crippen LogP contribution < -0.4 is 26.2 Å². The van der Waals surface area contributed by atoms with Gasteiger partial charge in [0.25, 0.3) is 0 Å². The second-order valence-corrected chi connectivity index (χ2v) is 4.17. The van der Waals surface area contributed by atoms with Crippen LogP contribution in [0.25, 0.3) is 0 Å². The molecular formula is C10H22N8. The zero-order chi connectivity index (χ0) is 12.5. The Morgan fingerprint density at radius 1 is 0.833 bits per heavy atom. The molecule has 1 saturated heterocycles. The molecule has 5 N–H and O–H groups in total. The van der Waals surface area contributed by atoms with E-state index in [1.165, 1.54) is 6.33 Å². The zero-order valence-electron chi connectivity index (χ0n) is 10.6. The van der Waals surface area contributed by atoms with Crippen LogP contribution in [0.4, 0.5) is 5.95 Å². The molecule has 0 atom stereocenters. The first-order valence-corrected chi connectivity index (χ1v) is 6.40. The molecule has 1 aromatic rings. The molecule has 0 bridgehead atoms. The highest BCUT2D eigenvalue weighted by atomic mass is 15.4. The van der Waals surface area contributed by atoms with Crippen molar-refractivity contribution in [2.24, 2.45) is 0 Å². The normalized spacial score (nSPS) is 20.8. The Labute approximate surface area is 107 Å². The van der Waals surface area contributed by atoms with E-state index in [0.717, 1.165) is 58.6 Å². The van der Waals surface area contributed by atoms with Gasteiger partial charge >= 0.3 is 0 Å². The van der Waals surface area contributed by atoms with E-state index < -0.39 is 0 Å². The van der Waals surface area contributed by atoms with Crippen LogP contribution in [0.5, 0.6) is 0 Å². The lowest BCUT2D eigenvalue weighted by atomic mass is 10.5. The van der Waals surface area contributed by atoms with Crippen molar-refractivity contribution in [3.8, 4) is 0 Å². The van der Waals surface area contributed by atoms with E-state index in [-0.39, 0.29) is 0 Å². The van der Waals surface area contributed by atoms with Gasteiger partial charge in [-0.05, 0) is 0 Å². The van der Waals surface area contributed by atoms with Crippen LogP contribution in [0.2, 0.25) is 0 Å². The van der Waals surface area contributed by atoms with Crippen LogP contribution in [0.1, 0.15) is 0 Å². The average molecular weight is 254 g/mol. The number of aromatic amines is 1. The summed E-state index contributed by atoms with van der Waals surface area (Å²) in [5.74, 6) is 0.783. The SMILES string of the molecule is c1n[nH]c(N2CNCCNCCNCCNC2)n1. The van der Waals surface area contributed by atoms with E-state index >= 15 is 0 Å². The Morgan fingerprint density at radius 2 is 1.39 bits per heavy atom. The molecule has 1 aliphatic heterocycles. The summed E-state index contributed by atoms with van der Waals surface area (Å²) in [4.78, 5) is 6.26. The molecule has 2 heterocycles. The summed E-state index contributed by atoms with van der Waals surface area (Å²) in [5.41, 5.74) is 0. The van der Waals surface area contributed by atoms with Gasteiger partial charge in [0.15, 0.2) is 0 Å². The molecule has 8 heteroatoms. The summed E-state index contributed by atoms with van der Waals surface area (Å²) in [6.07, 6.45) is 1.53. The van der Waals surface area contributed by atoms with Gasteiger partial charge in [-0.2, -0.15) is 10.1 Å². The minimum absolute atomic E-state index is 0.747. The molecule has 1 aromatic heterocycles. The van der Waals surface area contributed by atoms with Gasteiger partial charge in [-0.1, -0.05) is 0 Å². The van der Waals surface area contributed by atoms with Gasteiger partial charge in [-0.3, -0.25) is 10.6 Å². The maximum Gasteiger partial charge on any atom is 0.223 e. The van der Waals surface area contributed by atoms with Crippen molar-refractivity contribution >= 4 is 5.95 Å². The molecule has 0 aliphatic carbocycles. The van der Waals surface area contributed by atoms with Gasteiger partial charge in [0.05, 0.1) is 13.3 Å². The first kappa shape index (κ1) is 13.2. The Bertz CT molecular complexity index is 287. The van der Waals surface area contributed by atoms with E-state index in [2.05, 4.69) is 41.3 Å². The summed E-state index contributed by atoms with van der Waals surface area (Å²) in [5, 5.41) is 20.3. The molecule has 102 valence electrons. The minimum Gasteiger partial charge on any atom is -0.316 e. The van der Waals surface area contributed by atoms with Crippen molar-refractivity contribution in [2.75, 3.05) is 57.5 Å². The number of nitrogens with zero attached hydrogens (tertiary/aromatic N) is 3. The maximum absolute atomic E-state index is 4.17. The van der Waals surface area contributed by atoms with E-state index in [1.807, 2.05) is 0 Å². The zero-order valence-corrected chi connectivity index (χ0v) is 10.6. The Kier molecular flexibility index (Phi) is 5.86. The molecule has 0 saturated carbocycles. The van der Waals surface area contributed by atoms with Crippen molar-refractivity contribution in [1.82, 2.24) is 36.4 Å². The highest BCUT2D eigenvalue weighted by Crippen LogP contribution is 2.00. The molecule has 1 fully saturated rings. The quantitative estimate of drug-likeness (QED) is 0.392. The molecule has 0 amide bonds. The summed E-state index contributed by atoms with van der Waals surface area (Å²) in [6, 6.07) is 0. The number of hydrogen-bond donors (Lipinski definition) is 5. The fraction of sp³-hybridized carbons (Fsp3) is 0.800. The molecule has 0 unspecified atom stereocenters. The smallest absolute Gasteiger partial charge is 0.223 e. The predicted octanol–water partition coefficient (Wildman–Crippen LogP) is -2.10. The number of nitrogens with one attached hydrogen (secondary N) is 5. The maximum atomic E-state index is 4.17. The molecule has 1 aliphatic rings. The summed E-state index contributed by atoms with van der Waals surface area (Å²) >= 11 is 0. The van der Waals surface area contributed by atoms with Crippen molar-refractivity contribution in [3.05, 3.63) is 6.33 Å². The van der Waals surface area contributed by atoms with Crippen LogP contribution >= 0.6 is 0 Å². The monoisotopic (exact) mass is 254 g/mol. The molecular weight excluding hydrogens is 232 g/mol. The van der Waals surface area contributed by atoms with Crippen LogP contribution in [0, 0.1) is 0 Å². The van der Waals surface area contributed by atoms with Crippen LogP contribution in [0.15, 0.2) is 6.33 Å². The average Bonchev–Trinajstić information content (AvgIpc) is 2.91. The number of anilines is 1. The topological polar surface area (TPSA) is 92.9 Å².